The lowest BCUT2D eigenvalue weighted by Crippen LogP contribution is -2.39. The number of aryl methyl sites for hydroxylation is 2. The Morgan fingerprint density at radius 2 is 1.86 bits per heavy atom. The van der Waals surface area contributed by atoms with Crippen LogP contribution in [0, 0.1) is 0 Å². The van der Waals surface area contributed by atoms with Gasteiger partial charge in [-0.2, -0.15) is 18.3 Å². The molecule has 37 heavy (non-hydrogen) atoms. The quantitative estimate of drug-likeness (QED) is 0.380. The summed E-state index contributed by atoms with van der Waals surface area (Å²) in [5.74, 6) is -0.433. The summed E-state index contributed by atoms with van der Waals surface area (Å²) in [4.78, 5) is 21.8. The molecule has 1 aromatic carbocycles. The third kappa shape index (κ3) is 7.04. The number of benzene rings is 1. The van der Waals surface area contributed by atoms with Crippen molar-refractivity contribution in [3.8, 4) is 0 Å². The molecule has 0 unspecified atom stereocenters. The van der Waals surface area contributed by atoms with Crippen molar-refractivity contribution in [1.82, 2.24) is 30.0 Å². The Hall–Kier alpha value is -3.51. The molecule has 198 valence electrons. The second kappa shape index (κ2) is 11.7. The van der Waals surface area contributed by atoms with Crippen molar-refractivity contribution in [3.05, 3.63) is 65.2 Å². The third-order valence-electron chi connectivity index (χ3n) is 6.46. The Bertz CT molecular complexity index is 1200. The Kier molecular flexibility index (Phi) is 8.39. The average Bonchev–Trinajstić information content (AvgIpc) is 3.31. The second-order valence-corrected chi connectivity index (χ2v) is 9.16. The first kappa shape index (κ1) is 26.6. The minimum Gasteiger partial charge on any atom is -0.369 e. The number of anilines is 2. The lowest BCUT2D eigenvalue weighted by atomic mass is 9.98. The van der Waals surface area contributed by atoms with Crippen LogP contribution in [0.4, 0.5) is 24.8 Å². The number of nitrogens with two attached hydrogens (primary N) is 1. The molecular weight excluding hydrogens is 485 g/mol. The van der Waals surface area contributed by atoms with Gasteiger partial charge in [-0.1, -0.05) is 24.3 Å². The van der Waals surface area contributed by atoms with Crippen LogP contribution in [-0.2, 0) is 30.2 Å². The minimum absolute atomic E-state index is 0.0201. The van der Waals surface area contributed by atoms with Gasteiger partial charge in [-0.05, 0) is 43.9 Å². The molecule has 4 rings (SSSR count). The van der Waals surface area contributed by atoms with Crippen LogP contribution in [0.25, 0.3) is 0 Å². The van der Waals surface area contributed by atoms with Gasteiger partial charge in [-0.15, -0.1) is 0 Å². The van der Waals surface area contributed by atoms with E-state index in [0.717, 1.165) is 44.4 Å². The van der Waals surface area contributed by atoms with E-state index in [-0.39, 0.29) is 36.9 Å². The summed E-state index contributed by atoms with van der Waals surface area (Å²) >= 11 is 0. The maximum atomic E-state index is 13.7. The fourth-order valence-corrected chi connectivity index (χ4v) is 4.62. The number of nitrogens with one attached hydrogen (secondary N) is 2. The molecule has 0 bridgehead atoms. The highest BCUT2D eigenvalue weighted by molar-refractivity contribution is 5.77. The number of rotatable bonds is 10. The maximum Gasteiger partial charge on any atom is 0.419 e. The summed E-state index contributed by atoms with van der Waals surface area (Å²) in [6.07, 6.45) is 1.91. The second-order valence-electron chi connectivity index (χ2n) is 9.16. The molecule has 0 saturated carbocycles. The number of halogens is 3. The predicted molar refractivity (Wildman–Crippen MR) is 133 cm³/mol. The Labute approximate surface area is 213 Å². The molecule has 1 aliphatic heterocycles. The van der Waals surface area contributed by atoms with Crippen molar-refractivity contribution in [1.29, 1.82) is 0 Å². The number of likely N-dealkylation sites (tertiary alicyclic amines) is 1. The molecule has 2 aromatic heterocycles. The highest BCUT2D eigenvalue weighted by Gasteiger charge is 2.35. The number of primary amides is 1. The highest BCUT2D eigenvalue weighted by atomic mass is 19.4. The molecule has 1 aliphatic rings. The SMILES string of the molecule is CNCN1CCC(n2cc(Nc3ncc(C(F)(F)F)c(CCc4ccccc4CC(N)=O)n3)cn2)CC1. The number of piperidine rings is 1. The summed E-state index contributed by atoms with van der Waals surface area (Å²) in [5.41, 5.74) is 6.37. The van der Waals surface area contributed by atoms with Crippen LogP contribution in [0.3, 0.4) is 0 Å². The Morgan fingerprint density at radius 1 is 1.14 bits per heavy atom. The van der Waals surface area contributed by atoms with Crippen LogP contribution in [0.1, 0.15) is 41.3 Å². The first-order valence-electron chi connectivity index (χ1n) is 12.2. The molecule has 4 N–H and O–H groups in total. The maximum absolute atomic E-state index is 13.7. The van der Waals surface area contributed by atoms with Crippen LogP contribution in [0.15, 0.2) is 42.9 Å². The van der Waals surface area contributed by atoms with Crippen molar-refractivity contribution in [2.75, 3.05) is 32.1 Å². The van der Waals surface area contributed by atoms with Gasteiger partial charge in [0.05, 0.1) is 35.6 Å². The van der Waals surface area contributed by atoms with Gasteiger partial charge in [0.15, 0.2) is 0 Å². The zero-order valence-corrected chi connectivity index (χ0v) is 20.6. The average molecular weight is 517 g/mol. The van der Waals surface area contributed by atoms with Crippen molar-refractivity contribution < 1.29 is 18.0 Å². The molecule has 9 nitrogen and oxygen atoms in total. The van der Waals surface area contributed by atoms with Gasteiger partial charge in [0.25, 0.3) is 0 Å². The number of alkyl halides is 3. The highest BCUT2D eigenvalue weighted by Crippen LogP contribution is 2.32. The Balaban J connectivity index is 1.47. The summed E-state index contributed by atoms with van der Waals surface area (Å²) < 4.78 is 42.9. The summed E-state index contributed by atoms with van der Waals surface area (Å²) in [5, 5.41) is 10.6. The van der Waals surface area contributed by atoms with Crippen LogP contribution in [0.2, 0.25) is 0 Å². The number of aromatic nitrogens is 4. The van der Waals surface area contributed by atoms with E-state index in [4.69, 9.17) is 5.73 Å². The van der Waals surface area contributed by atoms with E-state index in [1.807, 2.05) is 17.9 Å². The zero-order valence-electron chi connectivity index (χ0n) is 20.6. The van der Waals surface area contributed by atoms with Crippen LogP contribution in [-0.4, -0.2) is 57.4 Å². The van der Waals surface area contributed by atoms with Gasteiger partial charge >= 0.3 is 6.18 Å². The topological polar surface area (TPSA) is 114 Å². The number of nitrogens with zero attached hydrogens (tertiary/aromatic N) is 5. The summed E-state index contributed by atoms with van der Waals surface area (Å²) in [6.45, 7) is 2.77. The number of hydrogen-bond acceptors (Lipinski definition) is 7. The lowest BCUT2D eigenvalue weighted by molar-refractivity contribution is -0.138. The van der Waals surface area contributed by atoms with E-state index in [0.29, 0.717) is 11.3 Å². The molecule has 0 spiro atoms. The van der Waals surface area contributed by atoms with Crippen molar-refractivity contribution in [3.63, 3.8) is 0 Å². The third-order valence-corrected chi connectivity index (χ3v) is 6.46. The molecule has 12 heteroatoms. The smallest absolute Gasteiger partial charge is 0.369 e. The van der Waals surface area contributed by atoms with Gasteiger partial charge in [0, 0.05) is 32.2 Å². The van der Waals surface area contributed by atoms with E-state index >= 15 is 0 Å². The fourth-order valence-electron chi connectivity index (χ4n) is 4.62. The fraction of sp³-hybridized carbons (Fsp3) is 0.440. The lowest BCUT2D eigenvalue weighted by Gasteiger charge is -2.31. The number of carbonyl (C=O) groups excluding carboxylic acids is 1. The largest absolute Gasteiger partial charge is 0.419 e. The van der Waals surface area contributed by atoms with Crippen molar-refractivity contribution in [2.45, 2.75) is 44.3 Å². The monoisotopic (exact) mass is 516 g/mol. The van der Waals surface area contributed by atoms with Crippen LogP contribution < -0.4 is 16.4 Å². The zero-order chi connectivity index (χ0) is 26.4. The molecule has 0 atom stereocenters. The van der Waals surface area contributed by atoms with E-state index in [1.165, 1.54) is 0 Å². The number of amides is 1. The van der Waals surface area contributed by atoms with Gasteiger partial charge in [-0.25, -0.2) is 9.97 Å². The summed E-state index contributed by atoms with van der Waals surface area (Å²) in [6, 6.07) is 7.33. The molecular formula is C25H31F3N8O. The molecule has 0 aliphatic carbocycles. The molecule has 3 aromatic rings. The molecule has 1 amide bonds. The Morgan fingerprint density at radius 3 is 2.54 bits per heavy atom. The first-order valence-corrected chi connectivity index (χ1v) is 12.2. The van der Waals surface area contributed by atoms with E-state index in [9.17, 15) is 18.0 Å². The van der Waals surface area contributed by atoms with E-state index in [2.05, 4.69) is 30.6 Å². The normalized spacial score (nSPS) is 15.1. The standard InChI is InChI=1S/C25H31F3N8O/c1-30-16-35-10-8-20(9-11-35)36-15-19(13-32-36)33-24-31-14-21(25(26,27)28)22(34-24)7-6-17-4-2-3-5-18(17)12-23(29)37/h2-5,13-15,20,30H,6-12,16H2,1H3,(H2,29,37)(H,31,33,34). The van der Waals surface area contributed by atoms with Gasteiger partial charge < -0.3 is 16.4 Å². The van der Waals surface area contributed by atoms with Crippen molar-refractivity contribution >= 4 is 17.5 Å². The minimum atomic E-state index is -4.59. The van der Waals surface area contributed by atoms with E-state index in [1.54, 1.807) is 30.5 Å². The van der Waals surface area contributed by atoms with Crippen LogP contribution in [0.5, 0.6) is 0 Å². The van der Waals surface area contributed by atoms with Gasteiger partial charge in [-0.3, -0.25) is 14.4 Å². The summed E-state index contributed by atoms with van der Waals surface area (Å²) in [7, 11) is 1.93. The molecule has 3 heterocycles. The number of hydrogen-bond donors (Lipinski definition) is 3. The van der Waals surface area contributed by atoms with Gasteiger partial charge in [0.2, 0.25) is 11.9 Å². The van der Waals surface area contributed by atoms with Gasteiger partial charge in [0.1, 0.15) is 0 Å². The van der Waals surface area contributed by atoms with Crippen molar-refractivity contribution in [2.24, 2.45) is 5.73 Å². The molecule has 1 fully saturated rings. The first-order chi connectivity index (χ1) is 17.7. The predicted octanol–water partition coefficient (Wildman–Crippen LogP) is 3.06. The molecule has 0 radical (unpaired) electrons. The number of carbonyl (C=O) groups is 1. The van der Waals surface area contributed by atoms with E-state index < -0.39 is 17.6 Å². The molecule has 1 saturated heterocycles. The van der Waals surface area contributed by atoms with Crippen LogP contribution >= 0.6 is 0 Å².